The van der Waals surface area contributed by atoms with Crippen LogP contribution in [0.2, 0.25) is 20.1 Å². The number of benzene rings is 1. The van der Waals surface area contributed by atoms with E-state index in [0.29, 0.717) is 0 Å². The number of halogens is 4. The minimum Gasteiger partial charge on any atom is -0.481 e. The first-order chi connectivity index (χ1) is 9.22. The topological polar surface area (TPSA) is 83.5 Å². The van der Waals surface area contributed by atoms with Gasteiger partial charge in [-0.2, -0.15) is 0 Å². The molecule has 0 radical (unpaired) electrons. The van der Waals surface area contributed by atoms with E-state index in [2.05, 4.69) is 5.32 Å². The van der Waals surface area contributed by atoms with E-state index >= 15 is 0 Å². The van der Waals surface area contributed by atoms with Gasteiger partial charge in [-0.15, -0.1) is 0 Å². The molecule has 0 saturated carbocycles. The van der Waals surface area contributed by atoms with Crippen LogP contribution in [-0.4, -0.2) is 22.9 Å². The summed E-state index contributed by atoms with van der Waals surface area (Å²) in [5, 5.41) is 9.58. The van der Waals surface area contributed by atoms with Gasteiger partial charge in [0.05, 0.1) is 31.2 Å². The quantitative estimate of drug-likeness (QED) is 0.455. The first kappa shape index (κ1) is 17.0. The van der Waals surface area contributed by atoms with Crippen molar-refractivity contribution in [3.8, 4) is 0 Å². The van der Waals surface area contributed by atoms with Gasteiger partial charge >= 0.3 is 5.97 Å². The van der Waals surface area contributed by atoms with Gasteiger partial charge < -0.3 is 5.11 Å². The second kappa shape index (κ2) is 6.63. The standard InChI is InChI=1S/C8HCl4NO2.C3H6O2/c9-3-1-2(8(15)13-7(1)14)4(10)6(12)5(3)11;1-2-3(4)5/h(H,13,14,15);2H2,1H3,(H,4,5). The van der Waals surface area contributed by atoms with Crippen molar-refractivity contribution in [3.05, 3.63) is 31.2 Å². The van der Waals surface area contributed by atoms with E-state index in [1.807, 2.05) is 0 Å². The minimum atomic E-state index is -0.745. The Morgan fingerprint density at radius 1 is 0.950 bits per heavy atom. The van der Waals surface area contributed by atoms with E-state index in [9.17, 15) is 14.4 Å². The molecule has 108 valence electrons. The number of carboxylic acids is 1. The SMILES string of the molecule is CCC(=O)O.O=C1NC(=O)c2c(Cl)c(Cl)c(Cl)c(Cl)c21. The van der Waals surface area contributed by atoms with E-state index in [4.69, 9.17) is 51.5 Å². The maximum atomic E-state index is 11.3. The zero-order valence-electron chi connectivity index (χ0n) is 9.89. The van der Waals surface area contributed by atoms with E-state index in [1.165, 1.54) is 0 Å². The number of nitrogens with one attached hydrogen (secondary N) is 1. The van der Waals surface area contributed by atoms with Gasteiger partial charge in [-0.25, -0.2) is 0 Å². The van der Waals surface area contributed by atoms with Gasteiger partial charge in [0.2, 0.25) is 0 Å². The van der Waals surface area contributed by atoms with Crippen molar-refractivity contribution < 1.29 is 19.5 Å². The second-order valence-corrected chi connectivity index (χ2v) is 5.05. The largest absolute Gasteiger partial charge is 0.481 e. The molecule has 2 N–H and O–H groups in total. The summed E-state index contributed by atoms with van der Waals surface area (Å²) in [4.78, 5) is 32.0. The van der Waals surface area contributed by atoms with Crippen molar-refractivity contribution in [2.75, 3.05) is 0 Å². The molecular weight excluding hydrogens is 352 g/mol. The molecule has 2 amide bonds. The van der Waals surface area contributed by atoms with Gasteiger partial charge in [-0.3, -0.25) is 19.7 Å². The van der Waals surface area contributed by atoms with Crippen LogP contribution >= 0.6 is 46.4 Å². The highest BCUT2D eigenvalue weighted by Gasteiger charge is 2.35. The fraction of sp³-hybridized carbons (Fsp3) is 0.182. The zero-order valence-corrected chi connectivity index (χ0v) is 12.9. The highest BCUT2D eigenvalue weighted by atomic mass is 35.5. The highest BCUT2D eigenvalue weighted by Crippen LogP contribution is 2.42. The number of carbonyl (C=O) groups excluding carboxylic acids is 2. The molecular formula is C11H7Cl4NO4. The Morgan fingerprint density at radius 2 is 1.25 bits per heavy atom. The summed E-state index contributed by atoms with van der Waals surface area (Å²) in [6.07, 6.45) is 0.222. The average Bonchev–Trinajstić information content (AvgIpc) is 2.69. The number of rotatable bonds is 1. The van der Waals surface area contributed by atoms with E-state index in [0.717, 1.165) is 0 Å². The molecule has 9 heteroatoms. The second-order valence-electron chi connectivity index (χ2n) is 3.54. The summed E-state index contributed by atoms with van der Waals surface area (Å²) in [7, 11) is 0. The molecule has 1 aliphatic heterocycles. The molecule has 1 aromatic rings. The maximum absolute atomic E-state index is 11.3. The van der Waals surface area contributed by atoms with Crippen molar-refractivity contribution in [1.29, 1.82) is 0 Å². The van der Waals surface area contributed by atoms with Crippen LogP contribution in [-0.2, 0) is 4.79 Å². The summed E-state index contributed by atoms with van der Waals surface area (Å²) in [5.41, 5.74) is -0.0536. The lowest BCUT2D eigenvalue weighted by molar-refractivity contribution is -0.136. The van der Waals surface area contributed by atoms with Crippen LogP contribution in [0, 0.1) is 0 Å². The molecule has 0 saturated heterocycles. The third kappa shape index (κ3) is 3.17. The molecule has 0 atom stereocenters. The molecule has 0 unspecified atom stereocenters. The molecule has 0 bridgehead atoms. The van der Waals surface area contributed by atoms with Crippen molar-refractivity contribution in [1.82, 2.24) is 5.32 Å². The predicted octanol–water partition coefficient (Wildman–Crippen LogP) is 3.66. The minimum absolute atomic E-state index is 0.0268. The molecule has 0 fully saturated rings. The molecule has 1 heterocycles. The Morgan fingerprint density at radius 3 is 1.50 bits per heavy atom. The molecule has 5 nitrogen and oxygen atoms in total. The fourth-order valence-electron chi connectivity index (χ4n) is 1.29. The van der Waals surface area contributed by atoms with Gasteiger partial charge in [0, 0.05) is 6.42 Å². The highest BCUT2D eigenvalue weighted by molar-refractivity contribution is 6.55. The van der Waals surface area contributed by atoms with Crippen LogP contribution in [0.4, 0.5) is 0 Å². The lowest BCUT2D eigenvalue weighted by Crippen LogP contribution is -2.20. The van der Waals surface area contributed by atoms with Gasteiger partial charge in [0.1, 0.15) is 0 Å². The van der Waals surface area contributed by atoms with Crippen LogP contribution in [0.15, 0.2) is 0 Å². The van der Waals surface area contributed by atoms with Gasteiger partial charge in [-0.05, 0) is 0 Å². The molecule has 0 spiro atoms. The Bertz CT molecular complexity index is 570. The summed E-state index contributed by atoms with van der Waals surface area (Å²) >= 11 is 23.1. The van der Waals surface area contributed by atoms with Crippen LogP contribution in [0.3, 0.4) is 0 Å². The average molecular weight is 359 g/mol. The molecule has 20 heavy (non-hydrogen) atoms. The first-order valence-corrected chi connectivity index (χ1v) is 6.66. The van der Waals surface area contributed by atoms with E-state index in [1.54, 1.807) is 6.92 Å². The lowest BCUT2D eigenvalue weighted by Gasteiger charge is -2.06. The number of aliphatic carboxylic acids is 1. The first-order valence-electron chi connectivity index (χ1n) is 5.15. The van der Waals surface area contributed by atoms with Crippen molar-refractivity contribution >= 4 is 64.2 Å². The number of imide groups is 1. The van der Waals surface area contributed by atoms with Crippen LogP contribution < -0.4 is 5.32 Å². The Balaban J connectivity index is 0.000000347. The maximum Gasteiger partial charge on any atom is 0.303 e. The van der Waals surface area contributed by atoms with E-state index in [-0.39, 0.29) is 37.6 Å². The summed E-state index contributed by atoms with van der Waals surface area (Å²) in [6, 6.07) is 0. The number of hydrogen-bond donors (Lipinski definition) is 2. The summed E-state index contributed by atoms with van der Waals surface area (Å²) in [6.45, 7) is 1.60. The van der Waals surface area contributed by atoms with E-state index < -0.39 is 17.8 Å². The van der Waals surface area contributed by atoms with Crippen molar-refractivity contribution in [2.24, 2.45) is 0 Å². The molecule has 1 aromatic carbocycles. The number of fused-ring (bicyclic) bond motifs is 1. The third-order valence-corrected chi connectivity index (χ3v) is 4.05. The van der Waals surface area contributed by atoms with Gasteiger partial charge in [-0.1, -0.05) is 53.3 Å². The summed E-state index contributed by atoms with van der Waals surface area (Å²) in [5.74, 6) is -1.99. The number of carboxylic acid groups (broad SMARTS) is 1. The molecule has 0 aromatic heterocycles. The van der Waals surface area contributed by atoms with Crippen molar-refractivity contribution in [2.45, 2.75) is 13.3 Å². The summed E-state index contributed by atoms with van der Waals surface area (Å²) < 4.78 is 0. The Kier molecular flexibility index (Phi) is 5.65. The molecule has 0 aliphatic carbocycles. The predicted molar refractivity (Wildman–Crippen MR) is 76.2 cm³/mol. The monoisotopic (exact) mass is 357 g/mol. The number of amides is 2. The van der Waals surface area contributed by atoms with Crippen LogP contribution in [0.1, 0.15) is 34.1 Å². The van der Waals surface area contributed by atoms with Crippen LogP contribution in [0.5, 0.6) is 0 Å². The molecule has 2 rings (SSSR count). The lowest BCUT2D eigenvalue weighted by atomic mass is 10.1. The Hall–Kier alpha value is -1.01. The zero-order chi connectivity index (χ0) is 15.6. The van der Waals surface area contributed by atoms with Gasteiger partial charge in [0.15, 0.2) is 0 Å². The third-order valence-electron chi connectivity index (χ3n) is 2.25. The Labute approximate surface area is 133 Å². The normalized spacial score (nSPS) is 12.4. The van der Waals surface area contributed by atoms with Gasteiger partial charge in [0.25, 0.3) is 11.8 Å². The smallest absolute Gasteiger partial charge is 0.303 e. The number of hydrogen-bond acceptors (Lipinski definition) is 3. The molecule has 1 aliphatic rings. The number of carbonyl (C=O) groups is 3. The van der Waals surface area contributed by atoms with Crippen LogP contribution in [0.25, 0.3) is 0 Å². The van der Waals surface area contributed by atoms with Crippen molar-refractivity contribution in [3.63, 3.8) is 0 Å². The fourth-order valence-corrected chi connectivity index (χ4v) is 2.31.